The van der Waals surface area contributed by atoms with E-state index >= 15 is 0 Å². The number of para-hydroxylation sites is 1. The molecule has 0 bridgehead atoms. The van der Waals surface area contributed by atoms with Crippen LogP contribution in [0.4, 0.5) is 5.95 Å². The number of anilines is 1. The maximum Gasteiger partial charge on any atom is 0.262 e. The highest BCUT2D eigenvalue weighted by Crippen LogP contribution is 2.17. The molecule has 3 aromatic rings. The molecule has 0 atom stereocenters. The van der Waals surface area contributed by atoms with Crippen molar-refractivity contribution in [1.29, 1.82) is 0 Å². The van der Waals surface area contributed by atoms with Gasteiger partial charge in [0.15, 0.2) is 0 Å². The molecule has 0 saturated carbocycles. The molecule has 1 N–H and O–H groups in total. The molecule has 0 aliphatic rings. The Hall–Kier alpha value is -3.04. The molecule has 9 heteroatoms. The average molecular weight is 413 g/mol. The number of carbonyl (C=O) groups excluding carboxylic acids is 1. The van der Waals surface area contributed by atoms with Crippen LogP contribution in [0.25, 0.3) is 10.9 Å². The number of thiophene rings is 1. The van der Waals surface area contributed by atoms with E-state index in [0.29, 0.717) is 53.6 Å². The van der Waals surface area contributed by atoms with E-state index in [0.717, 1.165) is 11.3 Å². The van der Waals surface area contributed by atoms with Crippen LogP contribution in [0.5, 0.6) is 0 Å². The van der Waals surface area contributed by atoms with Crippen LogP contribution in [-0.4, -0.2) is 34.4 Å². The van der Waals surface area contributed by atoms with Crippen LogP contribution >= 0.6 is 11.3 Å². The van der Waals surface area contributed by atoms with Gasteiger partial charge in [-0.2, -0.15) is 5.10 Å². The lowest BCUT2D eigenvalue weighted by molar-refractivity contribution is -0.254. The number of hydrogen-bond acceptors (Lipinski definition) is 8. The first-order valence-corrected chi connectivity index (χ1v) is 10.0. The van der Waals surface area contributed by atoms with Crippen molar-refractivity contribution >= 4 is 39.9 Å². The third-order valence-corrected chi connectivity index (χ3v) is 5.40. The number of aromatic carboxylic acids is 1. The Morgan fingerprint density at radius 3 is 2.76 bits per heavy atom. The number of hydrogen-bond donors (Lipinski definition) is 1. The summed E-state index contributed by atoms with van der Waals surface area (Å²) in [6.45, 7) is 5.26. The highest BCUT2D eigenvalue weighted by atomic mass is 32.1. The van der Waals surface area contributed by atoms with Gasteiger partial charge in [0, 0.05) is 19.8 Å². The van der Waals surface area contributed by atoms with Gasteiger partial charge in [-0.1, -0.05) is 12.1 Å². The van der Waals surface area contributed by atoms with Gasteiger partial charge in [-0.05, 0) is 44.5 Å². The van der Waals surface area contributed by atoms with Crippen LogP contribution in [0.2, 0.25) is 0 Å². The first-order valence-electron chi connectivity index (χ1n) is 9.20. The number of carboxylic acid groups (broad SMARTS) is 1. The Morgan fingerprint density at radius 2 is 2.03 bits per heavy atom. The van der Waals surface area contributed by atoms with E-state index < -0.39 is 5.97 Å². The lowest BCUT2D eigenvalue weighted by Gasteiger charge is -2.13. The fraction of sp³-hybridized carbons (Fsp3) is 0.300. The number of fused-ring (bicyclic) bond motifs is 1. The number of rotatable bonds is 9. The normalized spacial score (nSPS) is 11.7. The molecule has 2 heterocycles. The molecule has 0 aliphatic heterocycles. The number of carboxylic acids is 1. The zero-order valence-electron chi connectivity index (χ0n) is 16.2. The minimum Gasteiger partial charge on any atom is -0.544 e. The smallest absolute Gasteiger partial charge is 0.262 e. The first-order chi connectivity index (χ1) is 14.0. The fourth-order valence-corrected chi connectivity index (χ4v) is 3.55. The van der Waals surface area contributed by atoms with Crippen molar-refractivity contribution < 1.29 is 14.6 Å². The average Bonchev–Trinajstić information content (AvgIpc) is 3.22. The summed E-state index contributed by atoms with van der Waals surface area (Å²) < 4.78 is 6.91. The number of hydrazone groups is 1. The number of carbonyl (C=O) groups is 1. The van der Waals surface area contributed by atoms with Crippen molar-refractivity contribution in [2.24, 2.45) is 5.10 Å². The number of ether oxygens (including phenoxy) is 1. The van der Waals surface area contributed by atoms with Gasteiger partial charge < -0.3 is 14.6 Å². The third kappa shape index (κ3) is 4.87. The third-order valence-electron chi connectivity index (χ3n) is 4.22. The molecule has 152 valence electrons. The number of aromatic nitrogens is 2. The monoisotopic (exact) mass is 413 g/mol. The van der Waals surface area contributed by atoms with Crippen molar-refractivity contribution in [1.82, 2.24) is 9.55 Å². The molecule has 0 amide bonds. The standard InChI is InChI=1S/C20H22N4O4S/c1-3-28-12-6-11-24-18(25)14-7-4-5-8-15(14)21-20(24)23-22-13(2)16-9-10-17(29-16)19(26)27/h4-5,7-10H,3,6,11-12H2,1-2H3,(H,21,23)(H,26,27)/p-1/b22-13-. The van der Waals surface area contributed by atoms with Crippen LogP contribution in [0.3, 0.4) is 0 Å². The highest BCUT2D eigenvalue weighted by Gasteiger charge is 2.11. The quantitative estimate of drug-likeness (QED) is 0.327. The molecule has 0 saturated heterocycles. The van der Waals surface area contributed by atoms with Gasteiger partial charge in [0.25, 0.3) is 5.56 Å². The van der Waals surface area contributed by atoms with Gasteiger partial charge in [-0.25, -0.2) is 10.4 Å². The Balaban J connectivity index is 1.91. The summed E-state index contributed by atoms with van der Waals surface area (Å²) in [7, 11) is 0. The molecule has 0 aliphatic carbocycles. The maximum absolute atomic E-state index is 12.9. The predicted molar refractivity (Wildman–Crippen MR) is 112 cm³/mol. The van der Waals surface area contributed by atoms with Gasteiger partial charge in [0.05, 0.1) is 32.3 Å². The van der Waals surface area contributed by atoms with Gasteiger partial charge >= 0.3 is 0 Å². The summed E-state index contributed by atoms with van der Waals surface area (Å²) >= 11 is 1.08. The molecule has 0 unspecified atom stereocenters. The van der Waals surface area contributed by atoms with E-state index in [-0.39, 0.29) is 10.4 Å². The first kappa shape index (κ1) is 20.7. The van der Waals surface area contributed by atoms with Crippen LogP contribution in [0.15, 0.2) is 46.3 Å². The molecule has 1 aromatic carbocycles. The molecule has 0 radical (unpaired) electrons. The van der Waals surface area contributed by atoms with Crippen LogP contribution in [0.1, 0.15) is 34.8 Å². The largest absolute Gasteiger partial charge is 0.544 e. The van der Waals surface area contributed by atoms with Crippen LogP contribution in [-0.2, 0) is 11.3 Å². The van der Waals surface area contributed by atoms with E-state index in [2.05, 4.69) is 15.5 Å². The number of benzene rings is 1. The minimum absolute atomic E-state index is 0.131. The summed E-state index contributed by atoms with van der Waals surface area (Å²) in [4.78, 5) is 29.2. The van der Waals surface area contributed by atoms with Gasteiger partial charge in [-0.15, -0.1) is 11.3 Å². The molecule has 0 fully saturated rings. The molecule has 29 heavy (non-hydrogen) atoms. The zero-order chi connectivity index (χ0) is 20.8. The van der Waals surface area contributed by atoms with E-state index in [1.807, 2.05) is 13.0 Å². The van der Waals surface area contributed by atoms with Crippen molar-refractivity contribution in [3.8, 4) is 0 Å². The van der Waals surface area contributed by atoms with E-state index in [1.165, 1.54) is 6.07 Å². The summed E-state index contributed by atoms with van der Waals surface area (Å²) in [5.41, 5.74) is 3.86. The molecule has 0 spiro atoms. The van der Waals surface area contributed by atoms with E-state index in [9.17, 15) is 14.7 Å². The lowest BCUT2D eigenvalue weighted by Crippen LogP contribution is -2.25. The van der Waals surface area contributed by atoms with Crippen molar-refractivity contribution in [3.63, 3.8) is 0 Å². The van der Waals surface area contributed by atoms with Crippen molar-refractivity contribution in [2.45, 2.75) is 26.8 Å². The lowest BCUT2D eigenvalue weighted by atomic mass is 10.2. The van der Waals surface area contributed by atoms with Gasteiger partial charge in [-0.3, -0.25) is 9.36 Å². The fourth-order valence-electron chi connectivity index (χ4n) is 2.76. The molecular formula is C20H21N4O4S-. The predicted octanol–water partition coefficient (Wildman–Crippen LogP) is 2.08. The van der Waals surface area contributed by atoms with Gasteiger partial charge in [0.2, 0.25) is 5.95 Å². The second-order valence-corrected chi connectivity index (χ2v) is 7.30. The Bertz CT molecular complexity index is 1100. The van der Waals surface area contributed by atoms with Gasteiger partial charge in [0.1, 0.15) is 0 Å². The van der Waals surface area contributed by atoms with Crippen molar-refractivity contribution in [3.05, 3.63) is 56.5 Å². The second-order valence-electron chi connectivity index (χ2n) is 6.22. The molecule has 3 rings (SSSR count). The topological polar surface area (TPSA) is 109 Å². The molecular weight excluding hydrogens is 392 g/mol. The molecule has 8 nitrogen and oxygen atoms in total. The zero-order valence-corrected chi connectivity index (χ0v) is 17.0. The maximum atomic E-state index is 12.9. The summed E-state index contributed by atoms with van der Waals surface area (Å²) in [5.74, 6) is -0.900. The van der Waals surface area contributed by atoms with E-state index in [4.69, 9.17) is 4.74 Å². The SMILES string of the molecule is CCOCCCn1c(N/N=C(/C)c2ccc(C(=O)[O-])s2)nc2ccccc2c1=O. The summed E-state index contributed by atoms with van der Waals surface area (Å²) in [5, 5.41) is 15.8. The van der Waals surface area contributed by atoms with Crippen molar-refractivity contribution in [2.75, 3.05) is 18.6 Å². The Morgan fingerprint density at radius 1 is 1.28 bits per heavy atom. The summed E-state index contributed by atoms with van der Waals surface area (Å²) in [6.07, 6.45) is 0.658. The second kappa shape index (κ2) is 9.44. The number of nitrogens with zero attached hydrogens (tertiary/aromatic N) is 3. The van der Waals surface area contributed by atoms with Crippen LogP contribution < -0.4 is 16.1 Å². The summed E-state index contributed by atoms with van der Waals surface area (Å²) in [6, 6.07) is 10.3. The highest BCUT2D eigenvalue weighted by molar-refractivity contribution is 7.15. The minimum atomic E-state index is -1.22. The molecule has 2 aromatic heterocycles. The van der Waals surface area contributed by atoms with Crippen LogP contribution in [0, 0.1) is 0 Å². The Labute approximate surface area is 171 Å². The number of nitrogens with one attached hydrogen (secondary N) is 1. The Kier molecular flexibility index (Phi) is 6.73. The van der Waals surface area contributed by atoms with E-state index in [1.54, 1.807) is 35.8 Å².